The van der Waals surface area contributed by atoms with Crippen molar-refractivity contribution in [2.24, 2.45) is 0 Å². The van der Waals surface area contributed by atoms with Crippen molar-refractivity contribution in [2.45, 2.75) is 32.1 Å². The molecule has 3 heterocycles. The molecule has 6 nitrogen and oxygen atoms in total. The van der Waals surface area contributed by atoms with Crippen molar-refractivity contribution in [1.29, 1.82) is 0 Å². The van der Waals surface area contributed by atoms with Crippen LogP contribution in [0.5, 0.6) is 0 Å². The van der Waals surface area contributed by atoms with E-state index in [-0.39, 0.29) is 0 Å². The molecule has 0 N–H and O–H groups in total. The molecule has 1 aliphatic rings. The van der Waals surface area contributed by atoms with Gasteiger partial charge in [-0.3, -0.25) is 0 Å². The van der Waals surface area contributed by atoms with Gasteiger partial charge in [-0.15, -0.1) is 15.3 Å². The van der Waals surface area contributed by atoms with Gasteiger partial charge in [0.15, 0.2) is 11.6 Å². The van der Waals surface area contributed by atoms with E-state index >= 15 is 0 Å². The van der Waals surface area contributed by atoms with Crippen LogP contribution >= 0.6 is 11.6 Å². The molecule has 0 aliphatic carbocycles. The number of benzene rings is 1. The van der Waals surface area contributed by atoms with Gasteiger partial charge >= 0.3 is 0 Å². The van der Waals surface area contributed by atoms with Gasteiger partial charge in [0.05, 0.1) is 5.69 Å². The predicted molar refractivity (Wildman–Crippen MR) is 99.6 cm³/mol. The summed E-state index contributed by atoms with van der Waals surface area (Å²) >= 11 is 5.94. The van der Waals surface area contributed by atoms with Crippen LogP contribution in [-0.4, -0.2) is 38.2 Å². The second-order valence-corrected chi connectivity index (χ2v) is 6.76. The smallest absolute Gasteiger partial charge is 0.177 e. The summed E-state index contributed by atoms with van der Waals surface area (Å²) < 4.78 is 7.25. The zero-order chi connectivity index (χ0) is 17.9. The van der Waals surface area contributed by atoms with Gasteiger partial charge in [0.2, 0.25) is 0 Å². The Morgan fingerprint density at radius 3 is 2.50 bits per heavy atom. The number of halogens is 1. The molecule has 0 bridgehead atoms. The Labute approximate surface area is 157 Å². The van der Waals surface area contributed by atoms with E-state index in [0.717, 1.165) is 55.4 Å². The number of nitrogens with zero attached hydrogens (tertiary/aromatic N) is 5. The highest BCUT2D eigenvalue weighted by Crippen LogP contribution is 2.25. The van der Waals surface area contributed by atoms with Crippen LogP contribution in [-0.2, 0) is 11.2 Å². The molecule has 0 unspecified atom stereocenters. The molecule has 4 rings (SSSR count). The molecule has 134 valence electrons. The summed E-state index contributed by atoms with van der Waals surface area (Å²) in [4.78, 5) is 4.73. The number of aromatic nitrogens is 5. The van der Waals surface area contributed by atoms with Crippen molar-refractivity contribution >= 4 is 11.6 Å². The lowest BCUT2D eigenvalue weighted by atomic mass is 10.00. The standard InChI is InChI=1S/C19H20ClN5O/c1-2-17-21-19(14-9-11-26-12-10-14)24-25(17)18-8-7-16(22-23-18)13-3-5-15(20)6-4-13/h3-8,14H,2,9-12H2,1H3. The number of hydrogen-bond donors (Lipinski definition) is 0. The van der Waals surface area contributed by atoms with E-state index in [1.807, 2.05) is 41.1 Å². The summed E-state index contributed by atoms with van der Waals surface area (Å²) in [7, 11) is 0. The first-order valence-electron chi connectivity index (χ1n) is 8.88. The second-order valence-electron chi connectivity index (χ2n) is 6.32. The topological polar surface area (TPSA) is 65.7 Å². The van der Waals surface area contributed by atoms with E-state index < -0.39 is 0 Å². The molecule has 0 amide bonds. The van der Waals surface area contributed by atoms with Crippen LogP contribution in [0.15, 0.2) is 36.4 Å². The van der Waals surface area contributed by atoms with E-state index in [1.54, 1.807) is 0 Å². The maximum atomic E-state index is 5.94. The van der Waals surface area contributed by atoms with E-state index in [1.165, 1.54) is 0 Å². The Morgan fingerprint density at radius 1 is 1.08 bits per heavy atom. The minimum Gasteiger partial charge on any atom is -0.381 e. The normalized spacial score (nSPS) is 15.3. The third-order valence-corrected chi connectivity index (χ3v) is 4.85. The van der Waals surface area contributed by atoms with Crippen LogP contribution in [0.2, 0.25) is 5.02 Å². The lowest BCUT2D eigenvalue weighted by molar-refractivity contribution is 0.0836. The fourth-order valence-corrected chi connectivity index (χ4v) is 3.24. The molecule has 3 aromatic rings. The summed E-state index contributed by atoms with van der Waals surface area (Å²) in [5.74, 6) is 2.83. The average molecular weight is 370 g/mol. The van der Waals surface area contributed by atoms with Gasteiger partial charge in [-0.25, -0.2) is 4.98 Å². The molecule has 1 aliphatic heterocycles. The monoisotopic (exact) mass is 369 g/mol. The van der Waals surface area contributed by atoms with Gasteiger partial charge < -0.3 is 4.74 Å². The van der Waals surface area contributed by atoms with E-state index in [9.17, 15) is 0 Å². The van der Waals surface area contributed by atoms with Gasteiger partial charge in [0, 0.05) is 36.1 Å². The summed E-state index contributed by atoms with van der Waals surface area (Å²) in [5.41, 5.74) is 1.78. The largest absolute Gasteiger partial charge is 0.381 e. The van der Waals surface area contributed by atoms with E-state index in [2.05, 4.69) is 17.1 Å². The van der Waals surface area contributed by atoms with Gasteiger partial charge in [0.25, 0.3) is 0 Å². The molecule has 1 aromatic carbocycles. The average Bonchev–Trinajstić information content (AvgIpc) is 3.14. The zero-order valence-corrected chi connectivity index (χ0v) is 15.4. The van der Waals surface area contributed by atoms with Crippen molar-refractivity contribution in [3.05, 3.63) is 53.1 Å². The van der Waals surface area contributed by atoms with Crippen LogP contribution < -0.4 is 0 Å². The lowest BCUT2D eigenvalue weighted by Crippen LogP contribution is -2.15. The summed E-state index contributed by atoms with van der Waals surface area (Å²) in [6.45, 7) is 3.62. The third-order valence-electron chi connectivity index (χ3n) is 4.60. The third kappa shape index (κ3) is 3.48. The quantitative estimate of drug-likeness (QED) is 0.699. The van der Waals surface area contributed by atoms with Gasteiger partial charge in [-0.05, 0) is 37.1 Å². The highest BCUT2D eigenvalue weighted by Gasteiger charge is 2.22. The Kier molecular flexibility index (Phi) is 4.95. The lowest BCUT2D eigenvalue weighted by Gasteiger charge is -2.18. The molecule has 2 aromatic heterocycles. The molecule has 0 radical (unpaired) electrons. The number of rotatable bonds is 4. The fraction of sp³-hybridized carbons (Fsp3) is 0.368. The molecule has 0 spiro atoms. The molecule has 0 atom stereocenters. The first kappa shape index (κ1) is 17.1. The van der Waals surface area contributed by atoms with Crippen molar-refractivity contribution < 1.29 is 4.74 Å². The van der Waals surface area contributed by atoms with Crippen molar-refractivity contribution in [2.75, 3.05) is 13.2 Å². The maximum absolute atomic E-state index is 5.94. The van der Waals surface area contributed by atoms with Crippen LogP contribution in [0.3, 0.4) is 0 Å². The van der Waals surface area contributed by atoms with Gasteiger partial charge in [0.1, 0.15) is 5.82 Å². The zero-order valence-electron chi connectivity index (χ0n) is 14.6. The second kappa shape index (κ2) is 7.51. The highest BCUT2D eigenvalue weighted by molar-refractivity contribution is 6.30. The molecule has 7 heteroatoms. The number of aryl methyl sites for hydroxylation is 1. The van der Waals surface area contributed by atoms with Gasteiger partial charge in [-0.1, -0.05) is 30.7 Å². The molecular weight excluding hydrogens is 350 g/mol. The molecule has 1 saturated heterocycles. The number of ether oxygens (including phenoxy) is 1. The first-order chi connectivity index (χ1) is 12.7. The Bertz CT molecular complexity index is 870. The van der Waals surface area contributed by atoms with Crippen LogP contribution in [0.25, 0.3) is 17.1 Å². The first-order valence-corrected chi connectivity index (χ1v) is 9.26. The van der Waals surface area contributed by atoms with Gasteiger partial charge in [-0.2, -0.15) is 4.68 Å². The van der Waals surface area contributed by atoms with Crippen molar-refractivity contribution in [1.82, 2.24) is 25.0 Å². The van der Waals surface area contributed by atoms with Crippen molar-refractivity contribution in [3.63, 3.8) is 0 Å². The van der Waals surface area contributed by atoms with Crippen LogP contribution in [0, 0.1) is 0 Å². The summed E-state index contributed by atoms with van der Waals surface area (Å²) in [6, 6.07) is 11.4. The van der Waals surface area contributed by atoms with Crippen LogP contribution in [0.4, 0.5) is 0 Å². The molecular formula is C19H20ClN5O. The SMILES string of the molecule is CCc1nc(C2CCOCC2)nn1-c1ccc(-c2ccc(Cl)cc2)nn1. The van der Waals surface area contributed by atoms with Crippen LogP contribution in [0.1, 0.15) is 37.3 Å². The Hall–Kier alpha value is -2.31. The fourth-order valence-electron chi connectivity index (χ4n) is 3.12. The predicted octanol–water partition coefficient (Wildman–Crippen LogP) is 3.83. The molecule has 0 saturated carbocycles. The highest BCUT2D eigenvalue weighted by atomic mass is 35.5. The minimum absolute atomic E-state index is 0.358. The van der Waals surface area contributed by atoms with E-state index in [4.69, 9.17) is 26.4 Å². The molecule has 26 heavy (non-hydrogen) atoms. The van der Waals surface area contributed by atoms with Crippen molar-refractivity contribution in [3.8, 4) is 17.1 Å². The minimum atomic E-state index is 0.358. The maximum Gasteiger partial charge on any atom is 0.177 e. The molecule has 1 fully saturated rings. The Balaban J connectivity index is 1.62. The number of hydrogen-bond acceptors (Lipinski definition) is 5. The summed E-state index contributed by atoms with van der Waals surface area (Å²) in [5, 5.41) is 14.1. The van der Waals surface area contributed by atoms with E-state index in [0.29, 0.717) is 16.8 Å². The Morgan fingerprint density at radius 2 is 1.85 bits per heavy atom. The summed E-state index contributed by atoms with van der Waals surface area (Å²) in [6.07, 6.45) is 2.72.